The summed E-state index contributed by atoms with van der Waals surface area (Å²) in [4.78, 5) is 25.6. The summed E-state index contributed by atoms with van der Waals surface area (Å²) in [5.41, 5.74) is 4.50. The smallest absolute Gasteiger partial charge is 0.277 e. The van der Waals surface area contributed by atoms with Gasteiger partial charge in [-0.1, -0.05) is 25.5 Å². The number of nitrogens with one attached hydrogen (secondary N) is 1. The first kappa shape index (κ1) is 22.3. The summed E-state index contributed by atoms with van der Waals surface area (Å²) < 4.78 is 8.65. The summed E-state index contributed by atoms with van der Waals surface area (Å²) in [5, 5.41) is 7.42. The number of carbonyl (C=O) groups is 1. The molecule has 4 rings (SSSR count). The molecule has 0 aliphatic rings. The molecule has 7 heteroatoms. The van der Waals surface area contributed by atoms with E-state index >= 15 is 0 Å². The highest BCUT2D eigenvalue weighted by Crippen LogP contribution is 2.22. The number of anilines is 1. The molecule has 2 heterocycles. The van der Waals surface area contributed by atoms with Crippen LogP contribution in [-0.4, -0.2) is 26.7 Å². The number of nitrogens with zero attached hydrogens (tertiary/aromatic N) is 3. The monoisotopic (exact) mass is 444 g/mol. The van der Waals surface area contributed by atoms with Gasteiger partial charge < -0.3 is 14.6 Å². The molecule has 0 fully saturated rings. The molecule has 2 aromatic heterocycles. The average Bonchev–Trinajstić information content (AvgIpc) is 3.24. The lowest BCUT2D eigenvalue weighted by molar-refractivity contribution is -0.116. The van der Waals surface area contributed by atoms with E-state index in [9.17, 15) is 9.59 Å². The number of ether oxygens (including phenoxy) is 1. The Bertz CT molecular complexity index is 1340. The van der Waals surface area contributed by atoms with Crippen LogP contribution in [0.15, 0.2) is 65.7 Å². The number of rotatable bonds is 8. The second-order valence-electron chi connectivity index (χ2n) is 8.18. The molecule has 4 aromatic rings. The third-order valence-corrected chi connectivity index (χ3v) is 5.50. The molecular formula is C26H28N4O3. The second-order valence-corrected chi connectivity index (χ2v) is 8.18. The number of benzene rings is 2. The third-order valence-electron chi connectivity index (χ3n) is 5.50. The van der Waals surface area contributed by atoms with Gasteiger partial charge in [0.1, 0.15) is 17.8 Å². The Kier molecular flexibility index (Phi) is 6.58. The number of fused-ring (bicyclic) bond motifs is 1. The third kappa shape index (κ3) is 5.14. The lowest BCUT2D eigenvalue weighted by atomic mass is 10.1. The van der Waals surface area contributed by atoms with Gasteiger partial charge in [-0.3, -0.25) is 9.59 Å². The van der Waals surface area contributed by atoms with Crippen molar-refractivity contribution in [1.29, 1.82) is 0 Å². The SMILES string of the molecule is CCCCOc1ccc(-c2cc3c(=O)n(CC(=O)Nc4cc(C)ccc4C)ccn3n2)cc1. The van der Waals surface area contributed by atoms with Crippen LogP contribution in [-0.2, 0) is 11.3 Å². The van der Waals surface area contributed by atoms with E-state index in [0.29, 0.717) is 17.8 Å². The van der Waals surface area contributed by atoms with Crippen molar-refractivity contribution in [3.8, 4) is 17.0 Å². The van der Waals surface area contributed by atoms with Gasteiger partial charge in [0, 0.05) is 23.6 Å². The molecule has 0 unspecified atom stereocenters. The lowest BCUT2D eigenvalue weighted by Gasteiger charge is -2.10. The fraction of sp³-hybridized carbons (Fsp3) is 0.269. The average molecular weight is 445 g/mol. The van der Waals surface area contributed by atoms with Gasteiger partial charge in [0.05, 0.1) is 12.3 Å². The molecule has 7 nitrogen and oxygen atoms in total. The van der Waals surface area contributed by atoms with E-state index in [-0.39, 0.29) is 18.0 Å². The number of aromatic nitrogens is 3. The summed E-state index contributed by atoms with van der Waals surface area (Å²) in [5.74, 6) is 0.557. The van der Waals surface area contributed by atoms with Crippen LogP contribution in [0.3, 0.4) is 0 Å². The zero-order valence-corrected chi connectivity index (χ0v) is 19.2. The summed E-state index contributed by atoms with van der Waals surface area (Å²) in [6.07, 6.45) is 5.38. The minimum Gasteiger partial charge on any atom is -0.494 e. The van der Waals surface area contributed by atoms with Crippen LogP contribution in [0.25, 0.3) is 16.8 Å². The summed E-state index contributed by atoms with van der Waals surface area (Å²) >= 11 is 0. The standard InChI is InChI=1S/C26H28N4O3/c1-4-5-14-33-21-10-8-20(9-11-21)23-16-24-26(32)29(12-13-30(24)28-23)17-25(31)27-22-15-18(2)6-7-19(22)3/h6-13,15-16H,4-5,14,17H2,1-3H3,(H,27,31). The number of unbranched alkanes of at least 4 members (excludes halogenated alkanes) is 1. The number of carbonyl (C=O) groups excluding carboxylic acids is 1. The number of hydrogen-bond donors (Lipinski definition) is 1. The molecule has 2 aromatic carbocycles. The van der Waals surface area contributed by atoms with Crippen LogP contribution in [0.2, 0.25) is 0 Å². The van der Waals surface area contributed by atoms with Gasteiger partial charge >= 0.3 is 0 Å². The van der Waals surface area contributed by atoms with Crippen molar-refractivity contribution in [2.24, 2.45) is 0 Å². The molecule has 1 amide bonds. The van der Waals surface area contributed by atoms with Gasteiger partial charge in [-0.2, -0.15) is 5.10 Å². The fourth-order valence-electron chi connectivity index (χ4n) is 3.56. The van der Waals surface area contributed by atoms with Crippen molar-refractivity contribution in [1.82, 2.24) is 14.2 Å². The number of amides is 1. The predicted molar refractivity (Wildman–Crippen MR) is 130 cm³/mol. The van der Waals surface area contributed by atoms with Crippen molar-refractivity contribution >= 4 is 17.1 Å². The van der Waals surface area contributed by atoms with Gasteiger partial charge in [-0.15, -0.1) is 0 Å². The normalized spacial score (nSPS) is 11.0. The summed E-state index contributed by atoms with van der Waals surface area (Å²) in [7, 11) is 0. The van der Waals surface area contributed by atoms with E-state index in [2.05, 4.69) is 17.3 Å². The maximum atomic E-state index is 13.0. The highest BCUT2D eigenvalue weighted by molar-refractivity contribution is 5.91. The zero-order chi connectivity index (χ0) is 23.4. The van der Waals surface area contributed by atoms with E-state index in [1.165, 1.54) is 4.57 Å². The Hall–Kier alpha value is -3.87. The van der Waals surface area contributed by atoms with Crippen molar-refractivity contribution in [2.75, 3.05) is 11.9 Å². The summed E-state index contributed by atoms with van der Waals surface area (Å²) in [6, 6.07) is 15.3. The maximum Gasteiger partial charge on any atom is 0.277 e. The molecule has 0 aliphatic heterocycles. The molecule has 0 spiro atoms. The molecule has 0 aliphatic carbocycles. The molecule has 0 bridgehead atoms. The van der Waals surface area contributed by atoms with Gasteiger partial charge in [-0.05, 0) is 67.8 Å². The Labute approximate surface area is 192 Å². The molecular weight excluding hydrogens is 416 g/mol. The van der Waals surface area contributed by atoms with Crippen molar-refractivity contribution < 1.29 is 9.53 Å². The molecule has 33 heavy (non-hydrogen) atoms. The number of hydrogen-bond acceptors (Lipinski definition) is 4. The minimum absolute atomic E-state index is 0.0764. The summed E-state index contributed by atoms with van der Waals surface area (Å²) in [6.45, 7) is 6.65. The topological polar surface area (TPSA) is 77.6 Å². The molecule has 0 radical (unpaired) electrons. The van der Waals surface area contributed by atoms with E-state index < -0.39 is 0 Å². The highest BCUT2D eigenvalue weighted by atomic mass is 16.5. The van der Waals surface area contributed by atoms with Gasteiger partial charge in [0.15, 0.2) is 0 Å². The van der Waals surface area contributed by atoms with Crippen LogP contribution in [0.1, 0.15) is 30.9 Å². The van der Waals surface area contributed by atoms with Crippen LogP contribution in [0.5, 0.6) is 5.75 Å². The van der Waals surface area contributed by atoms with Crippen molar-refractivity contribution in [2.45, 2.75) is 40.2 Å². The Morgan fingerprint density at radius 2 is 1.85 bits per heavy atom. The fourth-order valence-corrected chi connectivity index (χ4v) is 3.56. The molecule has 0 saturated heterocycles. The molecule has 170 valence electrons. The van der Waals surface area contributed by atoms with E-state index in [1.807, 2.05) is 56.3 Å². The predicted octanol–water partition coefficient (Wildman–Crippen LogP) is 4.60. The largest absolute Gasteiger partial charge is 0.494 e. The van der Waals surface area contributed by atoms with Crippen LogP contribution < -0.4 is 15.6 Å². The van der Waals surface area contributed by atoms with Crippen LogP contribution >= 0.6 is 0 Å². The zero-order valence-electron chi connectivity index (χ0n) is 19.2. The van der Waals surface area contributed by atoms with Crippen molar-refractivity contribution in [3.63, 3.8) is 0 Å². The van der Waals surface area contributed by atoms with Gasteiger partial charge in [-0.25, -0.2) is 4.52 Å². The lowest BCUT2D eigenvalue weighted by Crippen LogP contribution is -2.28. The quantitative estimate of drug-likeness (QED) is 0.403. The number of aryl methyl sites for hydroxylation is 2. The minimum atomic E-state index is -0.271. The first-order valence-electron chi connectivity index (χ1n) is 11.1. The van der Waals surface area contributed by atoms with Crippen LogP contribution in [0.4, 0.5) is 5.69 Å². The van der Waals surface area contributed by atoms with Gasteiger partial charge in [0.25, 0.3) is 5.56 Å². The highest BCUT2D eigenvalue weighted by Gasteiger charge is 2.12. The molecule has 0 saturated carbocycles. The molecule has 1 N–H and O–H groups in total. The second kappa shape index (κ2) is 9.73. The van der Waals surface area contributed by atoms with Crippen LogP contribution in [0, 0.1) is 13.8 Å². The Morgan fingerprint density at radius 3 is 2.61 bits per heavy atom. The molecule has 0 atom stereocenters. The van der Waals surface area contributed by atoms with Gasteiger partial charge in [0.2, 0.25) is 5.91 Å². The van der Waals surface area contributed by atoms with E-state index in [0.717, 1.165) is 41.0 Å². The van der Waals surface area contributed by atoms with E-state index in [1.54, 1.807) is 23.0 Å². The first-order valence-corrected chi connectivity index (χ1v) is 11.1. The Balaban J connectivity index is 1.52. The Morgan fingerprint density at radius 1 is 1.06 bits per heavy atom. The maximum absolute atomic E-state index is 13.0. The van der Waals surface area contributed by atoms with Crippen molar-refractivity contribution in [3.05, 3.63) is 82.4 Å². The van der Waals surface area contributed by atoms with E-state index in [4.69, 9.17) is 4.74 Å². The first-order chi connectivity index (χ1) is 15.9.